The van der Waals surface area contributed by atoms with Crippen molar-refractivity contribution in [2.24, 2.45) is 5.92 Å². The third-order valence-corrected chi connectivity index (χ3v) is 10.1. The molecular weight excluding hydrogens is 443 g/mol. The highest BCUT2D eigenvalue weighted by Crippen LogP contribution is 2.53. The minimum absolute atomic E-state index is 0.160. The van der Waals surface area contributed by atoms with Crippen molar-refractivity contribution < 1.29 is 4.74 Å². The Balaban J connectivity index is 1.74. The van der Waals surface area contributed by atoms with Crippen molar-refractivity contribution in [3.8, 4) is 22.3 Å². The van der Waals surface area contributed by atoms with Gasteiger partial charge in [-0.1, -0.05) is 64.1 Å². The minimum Gasteiger partial charge on any atom is -0.376 e. The Morgan fingerprint density at radius 3 is 1.86 bits per heavy atom. The van der Waals surface area contributed by atoms with Crippen LogP contribution in [-0.2, 0) is 29.4 Å². The molecule has 2 aliphatic carbocycles. The largest absolute Gasteiger partial charge is 0.376 e. The Morgan fingerprint density at radius 1 is 0.771 bits per heavy atom. The Hall–Kier alpha value is -1.95. The summed E-state index contributed by atoms with van der Waals surface area (Å²) in [4.78, 5) is 0. The molecule has 0 bridgehead atoms. The van der Waals surface area contributed by atoms with Gasteiger partial charge in [-0.05, 0) is 99.2 Å². The molecule has 0 saturated heterocycles. The summed E-state index contributed by atoms with van der Waals surface area (Å²) in [6, 6.07) is 19.0. The molecule has 184 valence electrons. The van der Waals surface area contributed by atoms with Gasteiger partial charge >= 0.3 is 0 Å². The number of rotatable bonds is 4. The van der Waals surface area contributed by atoms with Crippen LogP contribution in [0.2, 0.25) is 0 Å². The van der Waals surface area contributed by atoms with E-state index in [-0.39, 0.29) is 11.5 Å². The number of fused-ring (bicyclic) bond motifs is 2. The summed E-state index contributed by atoms with van der Waals surface area (Å²) < 4.78 is 6.21. The van der Waals surface area contributed by atoms with Gasteiger partial charge in [0.05, 0.1) is 31.4 Å². The zero-order valence-electron chi connectivity index (χ0n) is 23.0. The molecule has 0 N–H and O–H groups in total. The first-order valence-electron chi connectivity index (χ1n) is 13.3. The lowest BCUT2D eigenvalue weighted by atomic mass is 9.81. The maximum absolute atomic E-state index is 6.21. The SMILES string of the molecule is COC1c2c(c(-c3ccc(C(C)(C)C)cc3)c3c(c2-c2ccc([P+](C)(C)C)cc2)CCC3)CC1C. The molecular formula is C33H42OP+. The first kappa shape index (κ1) is 24.7. The number of hydrogen-bond donors (Lipinski definition) is 0. The van der Waals surface area contributed by atoms with Crippen LogP contribution in [0.5, 0.6) is 0 Å². The van der Waals surface area contributed by atoms with Gasteiger partial charge in [0.15, 0.2) is 0 Å². The molecule has 3 aromatic rings. The van der Waals surface area contributed by atoms with Crippen LogP contribution in [0, 0.1) is 5.92 Å². The van der Waals surface area contributed by atoms with Crippen molar-refractivity contribution in [3.05, 3.63) is 76.3 Å². The zero-order valence-corrected chi connectivity index (χ0v) is 23.9. The predicted octanol–water partition coefficient (Wildman–Crippen LogP) is 8.22. The predicted molar refractivity (Wildman–Crippen MR) is 155 cm³/mol. The lowest BCUT2D eigenvalue weighted by molar-refractivity contribution is 0.0698. The Bertz CT molecular complexity index is 1240. The average molecular weight is 486 g/mol. The van der Waals surface area contributed by atoms with E-state index >= 15 is 0 Å². The second-order valence-corrected chi connectivity index (χ2v) is 17.2. The van der Waals surface area contributed by atoms with Gasteiger partial charge in [0.25, 0.3) is 0 Å². The van der Waals surface area contributed by atoms with Gasteiger partial charge in [0, 0.05) is 14.4 Å². The summed E-state index contributed by atoms with van der Waals surface area (Å²) in [6.45, 7) is 16.5. The molecule has 3 aromatic carbocycles. The molecule has 0 aliphatic heterocycles. The molecule has 1 nitrogen and oxygen atoms in total. The van der Waals surface area contributed by atoms with Crippen molar-refractivity contribution in [1.29, 1.82) is 0 Å². The Kier molecular flexibility index (Phi) is 6.26. The highest BCUT2D eigenvalue weighted by Gasteiger charge is 2.38. The summed E-state index contributed by atoms with van der Waals surface area (Å²) in [7, 11) is 0.873. The average Bonchev–Trinajstić information content (AvgIpc) is 3.40. The number of hydrogen-bond acceptors (Lipinski definition) is 1. The molecule has 0 spiro atoms. The topological polar surface area (TPSA) is 9.23 Å². The molecule has 2 aliphatic rings. The van der Waals surface area contributed by atoms with Gasteiger partial charge in [-0.25, -0.2) is 0 Å². The van der Waals surface area contributed by atoms with Crippen molar-refractivity contribution in [1.82, 2.24) is 0 Å². The van der Waals surface area contributed by atoms with Crippen LogP contribution < -0.4 is 5.30 Å². The fourth-order valence-corrected chi connectivity index (χ4v) is 7.45. The van der Waals surface area contributed by atoms with E-state index in [0.29, 0.717) is 5.92 Å². The van der Waals surface area contributed by atoms with Crippen molar-refractivity contribution >= 4 is 12.6 Å². The monoisotopic (exact) mass is 485 g/mol. The maximum Gasteiger partial charge on any atom is 0.0931 e. The number of benzene rings is 3. The van der Waals surface area contributed by atoms with E-state index in [1.54, 1.807) is 11.1 Å². The van der Waals surface area contributed by atoms with E-state index in [0.717, 1.165) is 6.42 Å². The summed E-state index contributed by atoms with van der Waals surface area (Å²) in [6.07, 6.45) is 4.86. The lowest BCUT2D eigenvalue weighted by Crippen LogP contribution is -2.11. The smallest absolute Gasteiger partial charge is 0.0931 e. The number of methoxy groups -OCH3 is 1. The Morgan fingerprint density at radius 2 is 1.31 bits per heavy atom. The van der Waals surface area contributed by atoms with Crippen LogP contribution in [0.4, 0.5) is 0 Å². The first-order chi connectivity index (χ1) is 16.5. The van der Waals surface area contributed by atoms with Gasteiger partial charge < -0.3 is 4.74 Å². The van der Waals surface area contributed by atoms with Gasteiger partial charge in [0.1, 0.15) is 0 Å². The molecule has 0 fully saturated rings. The molecule has 0 amide bonds. The zero-order chi connectivity index (χ0) is 25.1. The summed E-state index contributed by atoms with van der Waals surface area (Å²) in [5.41, 5.74) is 13.5. The van der Waals surface area contributed by atoms with E-state index in [2.05, 4.69) is 96.2 Å². The van der Waals surface area contributed by atoms with E-state index in [1.165, 1.54) is 63.5 Å². The van der Waals surface area contributed by atoms with Crippen LogP contribution in [0.3, 0.4) is 0 Å². The van der Waals surface area contributed by atoms with Crippen LogP contribution in [-0.4, -0.2) is 27.1 Å². The highest BCUT2D eigenvalue weighted by molar-refractivity contribution is 7.80. The van der Waals surface area contributed by atoms with E-state index in [9.17, 15) is 0 Å². The van der Waals surface area contributed by atoms with E-state index in [1.807, 2.05) is 7.11 Å². The second kappa shape index (κ2) is 8.86. The normalized spacial score (nSPS) is 19.7. The molecule has 2 heteroatoms. The van der Waals surface area contributed by atoms with Crippen LogP contribution in [0.25, 0.3) is 22.3 Å². The lowest BCUT2D eigenvalue weighted by Gasteiger charge is -2.24. The van der Waals surface area contributed by atoms with Gasteiger partial charge in [-0.3, -0.25) is 0 Å². The van der Waals surface area contributed by atoms with E-state index < -0.39 is 7.26 Å². The summed E-state index contributed by atoms with van der Waals surface area (Å²) in [5, 5.41) is 1.50. The van der Waals surface area contributed by atoms with Crippen molar-refractivity contribution in [2.75, 3.05) is 27.1 Å². The fraction of sp³-hybridized carbons (Fsp3) is 0.455. The Labute approximate surface area is 213 Å². The van der Waals surface area contributed by atoms with Crippen LogP contribution in [0.1, 0.15) is 68.0 Å². The molecule has 35 heavy (non-hydrogen) atoms. The molecule has 0 heterocycles. The first-order valence-corrected chi connectivity index (χ1v) is 16.4. The number of ether oxygens (including phenoxy) is 1. The summed E-state index contributed by atoms with van der Waals surface area (Å²) >= 11 is 0. The molecule has 5 rings (SSSR count). The van der Waals surface area contributed by atoms with Crippen LogP contribution in [0.15, 0.2) is 48.5 Å². The third-order valence-electron chi connectivity index (χ3n) is 8.27. The van der Waals surface area contributed by atoms with Gasteiger partial charge in [-0.15, -0.1) is 0 Å². The van der Waals surface area contributed by atoms with Crippen molar-refractivity contribution in [3.63, 3.8) is 0 Å². The van der Waals surface area contributed by atoms with Crippen LogP contribution >= 0.6 is 7.26 Å². The molecule has 0 radical (unpaired) electrons. The van der Waals surface area contributed by atoms with Gasteiger partial charge in [-0.2, -0.15) is 0 Å². The van der Waals surface area contributed by atoms with Gasteiger partial charge in [0.2, 0.25) is 0 Å². The highest BCUT2D eigenvalue weighted by atomic mass is 31.2. The fourth-order valence-electron chi connectivity index (χ4n) is 6.41. The third kappa shape index (κ3) is 4.30. The second-order valence-electron chi connectivity index (χ2n) is 12.7. The molecule has 2 atom stereocenters. The molecule has 0 saturated carbocycles. The molecule has 0 aromatic heterocycles. The molecule has 2 unspecified atom stereocenters. The summed E-state index contributed by atoms with van der Waals surface area (Å²) in [5.74, 6) is 0.489. The maximum atomic E-state index is 6.21. The standard InChI is InChI=1S/C33H42OP/c1-21-20-28-29(22-12-16-24(17-13-22)33(2,3)4)26-10-9-11-27(26)30(31(28)32(21)34-5)23-14-18-25(19-15-23)35(6,7)8/h12-19,21,32H,9-11,20H2,1-8H3/q+1. The quantitative estimate of drug-likeness (QED) is 0.338. The van der Waals surface area contributed by atoms with E-state index in [4.69, 9.17) is 4.74 Å². The minimum atomic E-state index is -1.03. The van der Waals surface area contributed by atoms with Crippen molar-refractivity contribution in [2.45, 2.75) is 64.9 Å².